The van der Waals surface area contributed by atoms with Gasteiger partial charge in [-0.25, -0.2) is 0 Å². The van der Waals surface area contributed by atoms with Gasteiger partial charge in [0.15, 0.2) is 0 Å². The maximum Gasteiger partial charge on any atom is 0.237 e. The van der Waals surface area contributed by atoms with Crippen molar-refractivity contribution >= 4 is 17.7 Å². The summed E-state index contributed by atoms with van der Waals surface area (Å²) < 4.78 is 0. The molecule has 1 amide bonds. The Bertz CT molecular complexity index is 187. The van der Waals surface area contributed by atoms with Crippen molar-refractivity contribution in [2.24, 2.45) is 0 Å². The molecule has 4 heteroatoms. The molecule has 14 heavy (non-hydrogen) atoms. The van der Waals surface area contributed by atoms with Gasteiger partial charge in [0.1, 0.15) is 0 Å². The zero-order chi connectivity index (χ0) is 10.4. The van der Waals surface area contributed by atoms with Crippen LogP contribution < -0.4 is 10.6 Å². The second-order valence-electron chi connectivity index (χ2n) is 3.79. The zero-order valence-electron chi connectivity index (χ0n) is 9.01. The van der Waals surface area contributed by atoms with Gasteiger partial charge in [0.05, 0.1) is 6.04 Å². The highest BCUT2D eigenvalue weighted by Gasteiger charge is 2.19. The van der Waals surface area contributed by atoms with Crippen molar-refractivity contribution < 1.29 is 4.79 Å². The smallest absolute Gasteiger partial charge is 0.237 e. The SMILES string of the molecule is CSC(C)CNC1CCCCNC1=O. The summed E-state index contributed by atoms with van der Waals surface area (Å²) in [5.41, 5.74) is 0. The van der Waals surface area contributed by atoms with E-state index in [1.807, 2.05) is 11.8 Å². The molecule has 0 spiro atoms. The standard InChI is InChI=1S/C10H20N2OS/c1-8(14-2)7-12-9-5-3-4-6-11-10(9)13/h8-9,12H,3-7H2,1-2H3,(H,11,13). The quantitative estimate of drug-likeness (QED) is 0.736. The van der Waals surface area contributed by atoms with Crippen LogP contribution in [0.15, 0.2) is 0 Å². The molecule has 0 radical (unpaired) electrons. The molecule has 0 aromatic heterocycles. The van der Waals surface area contributed by atoms with Crippen LogP contribution in [-0.4, -0.2) is 36.5 Å². The summed E-state index contributed by atoms with van der Waals surface area (Å²) in [5, 5.41) is 6.83. The molecular weight excluding hydrogens is 196 g/mol. The Morgan fingerprint density at radius 1 is 1.64 bits per heavy atom. The molecular formula is C10H20N2OS. The molecule has 1 aliphatic rings. The van der Waals surface area contributed by atoms with Gasteiger partial charge in [-0.2, -0.15) is 11.8 Å². The normalized spacial score (nSPS) is 25.3. The molecule has 0 saturated carbocycles. The molecule has 2 atom stereocenters. The number of carbonyl (C=O) groups is 1. The Morgan fingerprint density at radius 3 is 3.14 bits per heavy atom. The monoisotopic (exact) mass is 216 g/mol. The molecule has 82 valence electrons. The van der Waals surface area contributed by atoms with Crippen LogP contribution in [0.3, 0.4) is 0 Å². The number of carbonyl (C=O) groups excluding carboxylic acids is 1. The van der Waals surface area contributed by atoms with Crippen LogP contribution in [0.2, 0.25) is 0 Å². The summed E-state index contributed by atoms with van der Waals surface area (Å²) in [5.74, 6) is 0.177. The molecule has 0 aromatic carbocycles. The predicted octanol–water partition coefficient (Wildman–Crippen LogP) is 0.996. The van der Waals surface area contributed by atoms with Gasteiger partial charge in [-0.3, -0.25) is 4.79 Å². The fourth-order valence-electron chi connectivity index (χ4n) is 1.53. The lowest BCUT2D eigenvalue weighted by atomic mass is 10.1. The summed E-state index contributed by atoms with van der Waals surface area (Å²) in [6.45, 7) is 3.93. The molecule has 1 aliphatic heterocycles. The van der Waals surface area contributed by atoms with Crippen LogP contribution in [-0.2, 0) is 4.79 Å². The fourth-order valence-corrected chi connectivity index (χ4v) is 1.79. The summed E-state index contributed by atoms with van der Waals surface area (Å²) in [6.07, 6.45) is 5.33. The molecule has 1 fully saturated rings. The van der Waals surface area contributed by atoms with E-state index in [4.69, 9.17) is 0 Å². The van der Waals surface area contributed by atoms with E-state index in [1.54, 1.807) is 0 Å². The summed E-state index contributed by atoms with van der Waals surface area (Å²) in [6, 6.07) is 0.0344. The van der Waals surface area contributed by atoms with Crippen LogP contribution in [0.1, 0.15) is 26.2 Å². The highest BCUT2D eigenvalue weighted by atomic mass is 32.2. The third-order valence-electron chi connectivity index (χ3n) is 2.59. The molecule has 1 saturated heterocycles. The Balaban J connectivity index is 2.29. The molecule has 0 aromatic rings. The Morgan fingerprint density at radius 2 is 2.43 bits per heavy atom. The second kappa shape index (κ2) is 6.30. The van der Waals surface area contributed by atoms with Crippen LogP contribution in [0, 0.1) is 0 Å². The zero-order valence-corrected chi connectivity index (χ0v) is 9.82. The number of hydrogen-bond donors (Lipinski definition) is 2. The molecule has 1 rings (SSSR count). The van der Waals surface area contributed by atoms with Crippen LogP contribution in [0.4, 0.5) is 0 Å². The largest absolute Gasteiger partial charge is 0.355 e. The van der Waals surface area contributed by atoms with Crippen molar-refractivity contribution in [2.45, 2.75) is 37.5 Å². The summed E-state index contributed by atoms with van der Waals surface area (Å²) in [4.78, 5) is 11.5. The first-order chi connectivity index (χ1) is 6.74. The van der Waals surface area contributed by atoms with Crippen LogP contribution >= 0.6 is 11.8 Å². The van der Waals surface area contributed by atoms with E-state index in [0.29, 0.717) is 5.25 Å². The van der Waals surface area contributed by atoms with Gasteiger partial charge in [0, 0.05) is 18.3 Å². The Labute approximate surface area is 90.4 Å². The number of nitrogens with one attached hydrogen (secondary N) is 2. The summed E-state index contributed by atoms with van der Waals surface area (Å²) >= 11 is 1.83. The minimum atomic E-state index is 0.0344. The van der Waals surface area contributed by atoms with E-state index in [2.05, 4.69) is 23.8 Å². The van der Waals surface area contributed by atoms with Gasteiger partial charge < -0.3 is 10.6 Å². The molecule has 2 N–H and O–H groups in total. The van der Waals surface area contributed by atoms with E-state index in [1.165, 1.54) is 0 Å². The maximum absolute atomic E-state index is 11.5. The van der Waals surface area contributed by atoms with Crippen molar-refractivity contribution in [2.75, 3.05) is 19.3 Å². The number of thioether (sulfide) groups is 1. The first-order valence-electron chi connectivity index (χ1n) is 5.28. The molecule has 3 nitrogen and oxygen atoms in total. The average Bonchev–Trinajstić information content (AvgIpc) is 2.39. The number of rotatable bonds is 4. The molecule has 1 heterocycles. The first-order valence-corrected chi connectivity index (χ1v) is 6.56. The Kier molecular flexibility index (Phi) is 5.33. The average molecular weight is 216 g/mol. The number of amides is 1. The number of hydrogen-bond acceptors (Lipinski definition) is 3. The van der Waals surface area contributed by atoms with E-state index in [9.17, 15) is 4.79 Å². The Hall–Kier alpha value is -0.220. The lowest BCUT2D eigenvalue weighted by Crippen LogP contribution is -2.44. The van der Waals surface area contributed by atoms with E-state index >= 15 is 0 Å². The molecule has 2 unspecified atom stereocenters. The second-order valence-corrected chi connectivity index (χ2v) is 5.07. The van der Waals surface area contributed by atoms with Gasteiger partial charge in [-0.15, -0.1) is 0 Å². The van der Waals surface area contributed by atoms with Gasteiger partial charge in [-0.1, -0.05) is 6.92 Å². The maximum atomic E-state index is 11.5. The highest BCUT2D eigenvalue weighted by molar-refractivity contribution is 7.99. The minimum Gasteiger partial charge on any atom is -0.355 e. The predicted molar refractivity (Wildman–Crippen MR) is 61.6 cm³/mol. The van der Waals surface area contributed by atoms with Gasteiger partial charge in [0.25, 0.3) is 0 Å². The van der Waals surface area contributed by atoms with Gasteiger partial charge >= 0.3 is 0 Å². The summed E-state index contributed by atoms with van der Waals surface area (Å²) in [7, 11) is 0. The molecule has 0 bridgehead atoms. The van der Waals surface area contributed by atoms with Crippen molar-refractivity contribution in [1.82, 2.24) is 10.6 Å². The third kappa shape index (κ3) is 3.88. The van der Waals surface area contributed by atoms with Gasteiger partial charge in [0.2, 0.25) is 5.91 Å². The van der Waals surface area contributed by atoms with Crippen LogP contribution in [0.25, 0.3) is 0 Å². The van der Waals surface area contributed by atoms with Crippen molar-refractivity contribution in [3.63, 3.8) is 0 Å². The highest BCUT2D eigenvalue weighted by Crippen LogP contribution is 2.07. The van der Waals surface area contributed by atoms with Crippen molar-refractivity contribution in [3.05, 3.63) is 0 Å². The lowest BCUT2D eigenvalue weighted by molar-refractivity contribution is -0.122. The van der Waals surface area contributed by atoms with E-state index < -0.39 is 0 Å². The van der Waals surface area contributed by atoms with E-state index in [0.717, 1.165) is 32.4 Å². The van der Waals surface area contributed by atoms with Crippen molar-refractivity contribution in [1.29, 1.82) is 0 Å². The van der Waals surface area contributed by atoms with E-state index in [-0.39, 0.29) is 11.9 Å². The minimum absolute atomic E-state index is 0.0344. The van der Waals surface area contributed by atoms with Gasteiger partial charge in [-0.05, 0) is 25.5 Å². The van der Waals surface area contributed by atoms with Crippen molar-refractivity contribution in [3.8, 4) is 0 Å². The van der Waals surface area contributed by atoms with Crippen LogP contribution in [0.5, 0.6) is 0 Å². The topological polar surface area (TPSA) is 41.1 Å². The third-order valence-corrected chi connectivity index (χ3v) is 3.56. The lowest BCUT2D eigenvalue weighted by Gasteiger charge is -2.17. The molecule has 0 aliphatic carbocycles. The fraction of sp³-hybridized carbons (Fsp3) is 0.900. The first kappa shape index (κ1) is 11.9.